The summed E-state index contributed by atoms with van der Waals surface area (Å²) in [7, 11) is 0. The van der Waals surface area contributed by atoms with Crippen molar-refractivity contribution < 1.29 is 13.2 Å². The van der Waals surface area contributed by atoms with Gasteiger partial charge in [0.1, 0.15) is 0 Å². The fourth-order valence-electron chi connectivity index (χ4n) is 3.12. The normalized spacial score (nSPS) is 31.7. The van der Waals surface area contributed by atoms with E-state index in [9.17, 15) is 13.2 Å². The average molecular weight is 263 g/mol. The molecule has 0 aromatic carbocycles. The maximum atomic E-state index is 13.1. The summed E-state index contributed by atoms with van der Waals surface area (Å²) in [6.45, 7) is 8.07. The third kappa shape index (κ3) is 3.40. The van der Waals surface area contributed by atoms with Gasteiger partial charge in [-0.05, 0) is 43.1 Å². The number of likely N-dealkylation sites (tertiary alicyclic amines) is 1. The van der Waals surface area contributed by atoms with Gasteiger partial charge in [-0.3, -0.25) is 0 Å². The summed E-state index contributed by atoms with van der Waals surface area (Å²) in [5.41, 5.74) is -0.275. The summed E-state index contributed by atoms with van der Waals surface area (Å²) < 4.78 is 39.3. The SMILES string of the molecule is CC(C)(C)[C@@H]1CN(CC2CC2)CC[C@@H]1C(F)(F)F. The van der Waals surface area contributed by atoms with Crippen LogP contribution in [0.3, 0.4) is 0 Å². The highest BCUT2D eigenvalue weighted by atomic mass is 19.4. The van der Waals surface area contributed by atoms with Crippen molar-refractivity contribution in [3.63, 3.8) is 0 Å². The molecule has 0 unspecified atom stereocenters. The quantitative estimate of drug-likeness (QED) is 0.729. The molecular weight excluding hydrogens is 239 g/mol. The molecule has 1 heterocycles. The predicted molar refractivity (Wildman–Crippen MR) is 66.3 cm³/mol. The molecule has 0 aromatic rings. The molecule has 2 fully saturated rings. The molecule has 0 aromatic heterocycles. The Balaban J connectivity index is 2.05. The van der Waals surface area contributed by atoms with Gasteiger partial charge in [0.2, 0.25) is 0 Å². The van der Waals surface area contributed by atoms with Gasteiger partial charge in [-0.15, -0.1) is 0 Å². The van der Waals surface area contributed by atoms with E-state index in [4.69, 9.17) is 0 Å². The Morgan fingerprint density at radius 3 is 2.06 bits per heavy atom. The molecule has 4 heteroatoms. The molecule has 18 heavy (non-hydrogen) atoms. The fourth-order valence-corrected chi connectivity index (χ4v) is 3.12. The maximum Gasteiger partial charge on any atom is 0.392 e. The van der Waals surface area contributed by atoms with Crippen molar-refractivity contribution in [3.8, 4) is 0 Å². The Bertz CT molecular complexity index is 288. The van der Waals surface area contributed by atoms with Crippen LogP contribution in [0.4, 0.5) is 13.2 Å². The van der Waals surface area contributed by atoms with Crippen LogP contribution < -0.4 is 0 Å². The summed E-state index contributed by atoms with van der Waals surface area (Å²) in [5, 5.41) is 0. The lowest BCUT2D eigenvalue weighted by molar-refractivity contribution is -0.211. The van der Waals surface area contributed by atoms with Crippen molar-refractivity contribution in [2.24, 2.45) is 23.2 Å². The Kier molecular flexibility index (Phi) is 3.69. The van der Waals surface area contributed by atoms with Crippen molar-refractivity contribution in [2.45, 2.75) is 46.2 Å². The number of nitrogens with zero attached hydrogens (tertiary/aromatic N) is 1. The molecule has 0 spiro atoms. The molecule has 0 radical (unpaired) electrons. The minimum absolute atomic E-state index is 0.273. The van der Waals surface area contributed by atoms with Gasteiger partial charge in [0, 0.05) is 13.1 Å². The number of halogens is 3. The van der Waals surface area contributed by atoms with Gasteiger partial charge in [0.25, 0.3) is 0 Å². The van der Waals surface area contributed by atoms with E-state index >= 15 is 0 Å². The van der Waals surface area contributed by atoms with E-state index in [0.29, 0.717) is 13.1 Å². The average Bonchev–Trinajstić information content (AvgIpc) is 2.98. The molecule has 1 saturated heterocycles. The number of rotatable bonds is 2. The van der Waals surface area contributed by atoms with Crippen LogP contribution in [-0.4, -0.2) is 30.7 Å². The van der Waals surface area contributed by atoms with E-state index < -0.39 is 12.1 Å². The van der Waals surface area contributed by atoms with Gasteiger partial charge < -0.3 is 4.90 Å². The monoisotopic (exact) mass is 263 g/mol. The second kappa shape index (κ2) is 4.69. The highest BCUT2D eigenvalue weighted by Gasteiger charge is 2.50. The molecule has 0 N–H and O–H groups in total. The molecule has 2 aliphatic rings. The number of piperidine rings is 1. The van der Waals surface area contributed by atoms with Crippen LogP contribution in [0.5, 0.6) is 0 Å². The zero-order valence-corrected chi connectivity index (χ0v) is 11.6. The third-order valence-corrected chi connectivity index (χ3v) is 4.44. The van der Waals surface area contributed by atoms with Gasteiger partial charge in [-0.2, -0.15) is 13.2 Å². The van der Waals surface area contributed by atoms with Crippen LogP contribution in [0.25, 0.3) is 0 Å². The zero-order chi connectivity index (χ0) is 13.6. The van der Waals surface area contributed by atoms with Gasteiger partial charge in [0.05, 0.1) is 5.92 Å². The molecule has 2 rings (SSSR count). The number of alkyl halides is 3. The second-order valence-electron chi connectivity index (χ2n) is 7.11. The first-order chi connectivity index (χ1) is 8.18. The second-order valence-corrected chi connectivity index (χ2v) is 7.11. The molecule has 2 atom stereocenters. The number of hydrogen-bond donors (Lipinski definition) is 0. The largest absolute Gasteiger partial charge is 0.392 e. The van der Waals surface area contributed by atoms with E-state index in [-0.39, 0.29) is 17.8 Å². The lowest BCUT2D eigenvalue weighted by Gasteiger charge is -2.45. The van der Waals surface area contributed by atoms with Crippen LogP contribution in [0.2, 0.25) is 0 Å². The lowest BCUT2D eigenvalue weighted by Crippen LogP contribution is -2.50. The van der Waals surface area contributed by atoms with E-state index in [2.05, 4.69) is 4.90 Å². The van der Waals surface area contributed by atoms with Crippen LogP contribution >= 0.6 is 0 Å². The minimum atomic E-state index is -4.04. The Morgan fingerprint density at radius 2 is 1.61 bits per heavy atom. The fraction of sp³-hybridized carbons (Fsp3) is 1.00. The highest BCUT2D eigenvalue weighted by Crippen LogP contribution is 2.46. The molecule has 1 saturated carbocycles. The summed E-state index contributed by atoms with van der Waals surface area (Å²) in [6, 6.07) is 0. The highest BCUT2D eigenvalue weighted by molar-refractivity contribution is 4.92. The van der Waals surface area contributed by atoms with E-state index in [1.807, 2.05) is 20.8 Å². The molecule has 0 bridgehead atoms. The van der Waals surface area contributed by atoms with Crippen molar-refractivity contribution >= 4 is 0 Å². The molecule has 106 valence electrons. The summed E-state index contributed by atoms with van der Waals surface area (Å²) in [4.78, 5) is 2.26. The Hall–Kier alpha value is -0.250. The van der Waals surface area contributed by atoms with Crippen molar-refractivity contribution in [2.75, 3.05) is 19.6 Å². The molecular formula is C14H24F3N. The predicted octanol–water partition coefficient (Wildman–Crippen LogP) is 3.94. The van der Waals surface area contributed by atoms with Crippen LogP contribution in [0.15, 0.2) is 0 Å². The summed E-state index contributed by atoms with van der Waals surface area (Å²) >= 11 is 0. The van der Waals surface area contributed by atoms with E-state index in [1.54, 1.807) is 0 Å². The zero-order valence-electron chi connectivity index (χ0n) is 11.6. The first kappa shape index (κ1) is 14.2. The van der Waals surface area contributed by atoms with Crippen LogP contribution in [0.1, 0.15) is 40.0 Å². The topological polar surface area (TPSA) is 3.24 Å². The number of hydrogen-bond acceptors (Lipinski definition) is 1. The Morgan fingerprint density at radius 1 is 1.00 bits per heavy atom. The van der Waals surface area contributed by atoms with Gasteiger partial charge >= 0.3 is 6.18 Å². The van der Waals surface area contributed by atoms with Crippen molar-refractivity contribution in [1.82, 2.24) is 4.90 Å². The van der Waals surface area contributed by atoms with Crippen molar-refractivity contribution in [1.29, 1.82) is 0 Å². The Labute approximate surface area is 108 Å². The molecule has 1 aliphatic carbocycles. The van der Waals surface area contributed by atoms with Gasteiger partial charge in [0.15, 0.2) is 0 Å². The first-order valence-electron chi connectivity index (χ1n) is 6.97. The van der Waals surface area contributed by atoms with E-state index in [1.165, 1.54) is 12.8 Å². The molecule has 1 nitrogen and oxygen atoms in total. The maximum absolute atomic E-state index is 13.1. The summed E-state index contributed by atoms with van der Waals surface area (Å²) in [6.07, 6.45) is -1.24. The first-order valence-corrected chi connectivity index (χ1v) is 6.97. The van der Waals surface area contributed by atoms with Gasteiger partial charge in [-0.25, -0.2) is 0 Å². The van der Waals surface area contributed by atoms with Gasteiger partial charge in [-0.1, -0.05) is 20.8 Å². The minimum Gasteiger partial charge on any atom is -0.303 e. The van der Waals surface area contributed by atoms with Crippen LogP contribution in [-0.2, 0) is 0 Å². The molecule has 0 amide bonds. The summed E-state index contributed by atoms with van der Waals surface area (Å²) in [5.74, 6) is -0.633. The van der Waals surface area contributed by atoms with Crippen LogP contribution in [0, 0.1) is 23.2 Å². The molecule has 1 aliphatic heterocycles. The van der Waals surface area contributed by atoms with E-state index in [0.717, 1.165) is 12.5 Å². The third-order valence-electron chi connectivity index (χ3n) is 4.44. The standard InChI is InChI=1S/C14H24F3N/c1-13(2,3)12-9-18(8-10-4-5-10)7-6-11(12)14(15,16)17/h10-12H,4-9H2,1-3H3/t11-,12+/m0/s1. The lowest BCUT2D eigenvalue weighted by atomic mass is 9.69. The smallest absolute Gasteiger partial charge is 0.303 e. The van der Waals surface area contributed by atoms with Crippen molar-refractivity contribution in [3.05, 3.63) is 0 Å².